The summed E-state index contributed by atoms with van der Waals surface area (Å²) in [6, 6.07) is 7.83. The smallest absolute Gasteiger partial charge is 0.274 e. The molecule has 9 heteroatoms. The van der Waals surface area contributed by atoms with Crippen LogP contribution < -0.4 is 15.8 Å². The minimum absolute atomic E-state index is 0.133. The predicted molar refractivity (Wildman–Crippen MR) is 135 cm³/mol. The number of carbonyl (C=O) groups excluding carboxylic acids is 1. The molecule has 3 rings (SSSR count). The molecule has 0 aliphatic rings. The summed E-state index contributed by atoms with van der Waals surface area (Å²) in [6.07, 6.45) is 1.65. The summed E-state index contributed by atoms with van der Waals surface area (Å²) in [5, 5.41) is 4.14. The van der Waals surface area contributed by atoms with E-state index in [0.717, 1.165) is 23.9 Å². The first-order chi connectivity index (χ1) is 15.4. The molecule has 0 saturated carbocycles. The molecule has 0 radical (unpaired) electrons. The summed E-state index contributed by atoms with van der Waals surface area (Å²) in [5.41, 5.74) is 2.23. The van der Waals surface area contributed by atoms with Crippen LogP contribution in [-0.4, -0.2) is 39.3 Å². The van der Waals surface area contributed by atoms with Gasteiger partial charge in [0.05, 0.1) is 5.75 Å². The molecule has 0 saturated heterocycles. The molecule has 32 heavy (non-hydrogen) atoms. The van der Waals surface area contributed by atoms with Crippen LogP contribution in [0.2, 0.25) is 0 Å². The van der Waals surface area contributed by atoms with Gasteiger partial charge in [0.1, 0.15) is 4.70 Å². The average molecular weight is 472 g/mol. The molecule has 7 nitrogen and oxygen atoms in total. The lowest BCUT2D eigenvalue weighted by molar-refractivity contribution is -0.113. The Morgan fingerprint density at radius 2 is 1.94 bits per heavy atom. The monoisotopic (exact) mass is 471 g/mol. The van der Waals surface area contributed by atoms with E-state index in [4.69, 9.17) is 0 Å². The molecule has 170 valence electrons. The number of anilines is 2. The van der Waals surface area contributed by atoms with E-state index < -0.39 is 0 Å². The average Bonchev–Trinajstić information content (AvgIpc) is 3.20. The molecule has 3 aromatic rings. The van der Waals surface area contributed by atoms with Crippen molar-refractivity contribution < 1.29 is 4.79 Å². The second kappa shape index (κ2) is 10.8. The van der Waals surface area contributed by atoms with Crippen LogP contribution in [0, 0.1) is 0 Å². The second-order valence-electron chi connectivity index (χ2n) is 7.53. The first-order valence-corrected chi connectivity index (χ1v) is 12.5. The van der Waals surface area contributed by atoms with Crippen molar-refractivity contribution in [3.8, 4) is 0 Å². The fourth-order valence-corrected chi connectivity index (χ4v) is 5.06. The molecule has 0 aliphatic heterocycles. The lowest BCUT2D eigenvalue weighted by atomic mass is 10.0. The number of fused-ring (bicyclic) bond motifs is 1. The number of hydrogen-bond donors (Lipinski definition) is 1. The van der Waals surface area contributed by atoms with Gasteiger partial charge in [-0.2, -0.15) is 4.98 Å². The third-order valence-electron chi connectivity index (χ3n) is 5.01. The quantitative estimate of drug-likeness (QED) is 0.261. The number of amides is 1. The van der Waals surface area contributed by atoms with Crippen LogP contribution in [0.25, 0.3) is 10.3 Å². The third-order valence-corrected chi connectivity index (χ3v) is 7.08. The third kappa shape index (κ3) is 5.39. The van der Waals surface area contributed by atoms with Crippen molar-refractivity contribution in [2.24, 2.45) is 0 Å². The van der Waals surface area contributed by atoms with Gasteiger partial charge in [0.25, 0.3) is 5.56 Å². The summed E-state index contributed by atoms with van der Waals surface area (Å²) in [5.74, 6) is 0.411. The van der Waals surface area contributed by atoms with E-state index in [1.54, 1.807) is 10.6 Å². The van der Waals surface area contributed by atoms with Gasteiger partial charge in [0.2, 0.25) is 5.91 Å². The minimum atomic E-state index is -0.158. The zero-order valence-electron chi connectivity index (χ0n) is 18.9. The highest BCUT2D eigenvalue weighted by Gasteiger charge is 2.18. The Balaban J connectivity index is 1.80. The van der Waals surface area contributed by atoms with Gasteiger partial charge < -0.3 is 10.2 Å². The zero-order valence-corrected chi connectivity index (χ0v) is 20.6. The number of allylic oxidation sites excluding steroid dienone is 1. The Morgan fingerprint density at radius 1 is 1.25 bits per heavy atom. The fraction of sp³-hybridized carbons (Fsp3) is 0.391. The Labute approximate surface area is 196 Å². The van der Waals surface area contributed by atoms with Gasteiger partial charge in [-0.25, -0.2) is 4.98 Å². The first-order valence-electron chi connectivity index (χ1n) is 10.7. The molecule has 2 aromatic heterocycles. The van der Waals surface area contributed by atoms with Gasteiger partial charge in [-0.1, -0.05) is 55.2 Å². The van der Waals surface area contributed by atoms with Crippen LogP contribution in [0.5, 0.6) is 0 Å². The first kappa shape index (κ1) is 24.0. The predicted octanol–water partition coefficient (Wildman–Crippen LogP) is 4.74. The number of aromatic nitrogens is 3. The lowest BCUT2D eigenvalue weighted by Gasteiger charge is -2.15. The van der Waals surface area contributed by atoms with Gasteiger partial charge >= 0.3 is 0 Å². The van der Waals surface area contributed by atoms with Gasteiger partial charge in [0, 0.05) is 25.3 Å². The molecule has 0 fully saturated rings. The highest BCUT2D eigenvalue weighted by molar-refractivity contribution is 7.99. The van der Waals surface area contributed by atoms with Crippen molar-refractivity contribution in [3.05, 3.63) is 52.8 Å². The van der Waals surface area contributed by atoms with Crippen molar-refractivity contribution in [1.82, 2.24) is 14.5 Å². The molecule has 0 spiro atoms. The van der Waals surface area contributed by atoms with Crippen molar-refractivity contribution in [3.63, 3.8) is 0 Å². The van der Waals surface area contributed by atoms with Gasteiger partial charge in [0.15, 0.2) is 15.9 Å². The number of thioether (sulfide) groups is 1. The summed E-state index contributed by atoms with van der Waals surface area (Å²) in [6.45, 7) is 14.0. The van der Waals surface area contributed by atoms with Crippen LogP contribution in [0.15, 0.2) is 46.9 Å². The van der Waals surface area contributed by atoms with Crippen LogP contribution in [0.3, 0.4) is 0 Å². The largest absolute Gasteiger partial charge is 0.349 e. The Morgan fingerprint density at radius 3 is 2.53 bits per heavy atom. The Hall–Kier alpha value is -2.65. The van der Waals surface area contributed by atoms with E-state index >= 15 is 0 Å². The molecule has 0 unspecified atom stereocenters. The number of nitrogens with zero attached hydrogens (tertiary/aromatic N) is 4. The second-order valence-corrected chi connectivity index (χ2v) is 9.45. The lowest BCUT2D eigenvalue weighted by Crippen LogP contribution is -2.23. The molecule has 0 atom stereocenters. The number of carbonyl (C=O) groups is 1. The standard InChI is InChI=1S/C23H29N5O2S2/c1-6-13-28-21(30)19-20(25-22(32-19)27(7-2)8-3)26-23(28)31-14-18(29)24-17-11-9-16(10-12-17)15(4)5/h6,9-12,15H,1,7-8,13-14H2,2-5H3,(H,24,29). The molecular formula is C23H29N5O2S2. The van der Waals surface area contributed by atoms with E-state index in [0.29, 0.717) is 28.0 Å². The molecule has 2 heterocycles. The molecule has 1 N–H and O–H groups in total. The van der Waals surface area contributed by atoms with E-state index in [2.05, 4.69) is 54.5 Å². The maximum Gasteiger partial charge on any atom is 0.274 e. The number of hydrogen-bond acceptors (Lipinski definition) is 7. The maximum atomic E-state index is 13.1. The molecule has 0 aliphatic carbocycles. The maximum absolute atomic E-state index is 13.1. The summed E-state index contributed by atoms with van der Waals surface area (Å²) in [7, 11) is 0. The fourth-order valence-electron chi connectivity index (χ4n) is 3.18. The van der Waals surface area contributed by atoms with Crippen molar-refractivity contribution >= 4 is 50.2 Å². The van der Waals surface area contributed by atoms with Crippen molar-refractivity contribution in [2.45, 2.75) is 45.3 Å². The van der Waals surface area contributed by atoms with Crippen LogP contribution in [0.4, 0.5) is 10.8 Å². The van der Waals surface area contributed by atoms with Crippen molar-refractivity contribution in [2.75, 3.05) is 29.1 Å². The number of benzene rings is 1. The number of rotatable bonds is 10. The zero-order chi connectivity index (χ0) is 23.3. The summed E-state index contributed by atoms with van der Waals surface area (Å²) in [4.78, 5) is 36.9. The van der Waals surface area contributed by atoms with Crippen molar-refractivity contribution in [1.29, 1.82) is 0 Å². The van der Waals surface area contributed by atoms with Gasteiger partial charge in [-0.3, -0.25) is 14.2 Å². The molecule has 1 amide bonds. The van der Waals surface area contributed by atoms with Crippen LogP contribution in [-0.2, 0) is 11.3 Å². The minimum Gasteiger partial charge on any atom is -0.349 e. The Bertz CT molecular complexity index is 1150. The SMILES string of the molecule is C=CCn1c(SCC(=O)Nc2ccc(C(C)C)cc2)nc2nc(N(CC)CC)sc2c1=O. The normalized spacial score (nSPS) is 11.2. The van der Waals surface area contributed by atoms with Crippen LogP contribution >= 0.6 is 23.1 Å². The van der Waals surface area contributed by atoms with Crippen LogP contribution in [0.1, 0.15) is 39.2 Å². The molecule has 0 bridgehead atoms. The molecule has 1 aromatic carbocycles. The van der Waals surface area contributed by atoms with Gasteiger partial charge in [-0.15, -0.1) is 6.58 Å². The highest BCUT2D eigenvalue weighted by Crippen LogP contribution is 2.27. The van der Waals surface area contributed by atoms with E-state index in [1.165, 1.54) is 28.7 Å². The van der Waals surface area contributed by atoms with E-state index in [1.807, 2.05) is 24.3 Å². The van der Waals surface area contributed by atoms with Gasteiger partial charge in [-0.05, 0) is 37.5 Å². The number of thiazole rings is 1. The molecular weight excluding hydrogens is 442 g/mol. The Kier molecular flexibility index (Phi) is 8.09. The summed E-state index contributed by atoms with van der Waals surface area (Å²) < 4.78 is 2.07. The van der Waals surface area contributed by atoms with E-state index in [9.17, 15) is 9.59 Å². The topological polar surface area (TPSA) is 80.1 Å². The summed E-state index contributed by atoms with van der Waals surface area (Å²) >= 11 is 2.58. The van der Waals surface area contributed by atoms with E-state index in [-0.39, 0.29) is 17.2 Å². The number of nitrogens with one attached hydrogen (secondary N) is 1. The highest BCUT2D eigenvalue weighted by atomic mass is 32.2.